The molecule has 1 aromatic carbocycles. The van der Waals surface area contributed by atoms with E-state index < -0.39 is 0 Å². The van der Waals surface area contributed by atoms with E-state index in [1.54, 1.807) is 14.2 Å². The Morgan fingerprint density at radius 2 is 2.05 bits per heavy atom. The van der Waals surface area contributed by atoms with Gasteiger partial charge in [0.25, 0.3) is 0 Å². The first-order chi connectivity index (χ1) is 10.5. The van der Waals surface area contributed by atoms with Gasteiger partial charge in [-0.2, -0.15) is 0 Å². The molecule has 0 aliphatic heterocycles. The Morgan fingerprint density at radius 1 is 1.32 bits per heavy atom. The largest absolute Gasteiger partial charge is 0.497 e. The first kappa shape index (κ1) is 16.5. The van der Waals surface area contributed by atoms with E-state index in [4.69, 9.17) is 15.2 Å². The molecule has 0 aromatic heterocycles. The lowest BCUT2D eigenvalue weighted by Gasteiger charge is -2.16. The van der Waals surface area contributed by atoms with Crippen molar-refractivity contribution in [2.24, 2.45) is 22.1 Å². The molecule has 5 nitrogen and oxygen atoms in total. The summed E-state index contributed by atoms with van der Waals surface area (Å²) >= 11 is 0. The van der Waals surface area contributed by atoms with E-state index in [1.807, 2.05) is 18.2 Å². The van der Waals surface area contributed by atoms with E-state index in [-0.39, 0.29) is 0 Å². The summed E-state index contributed by atoms with van der Waals surface area (Å²) in [7, 11) is 3.26. The number of ether oxygens (including phenoxy) is 2. The van der Waals surface area contributed by atoms with Crippen LogP contribution in [0.15, 0.2) is 23.2 Å². The van der Waals surface area contributed by atoms with Gasteiger partial charge in [0.2, 0.25) is 0 Å². The number of guanidine groups is 1. The van der Waals surface area contributed by atoms with Crippen LogP contribution in [0.25, 0.3) is 0 Å². The minimum Gasteiger partial charge on any atom is -0.497 e. The van der Waals surface area contributed by atoms with Crippen LogP contribution in [0.4, 0.5) is 5.69 Å². The molecule has 0 unspecified atom stereocenters. The van der Waals surface area contributed by atoms with Crippen molar-refractivity contribution in [3.8, 4) is 11.5 Å². The first-order valence-electron chi connectivity index (χ1n) is 7.77. The zero-order valence-corrected chi connectivity index (χ0v) is 14.0. The average Bonchev–Trinajstić information content (AvgIpc) is 3.24. The van der Waals surface area contributed by atoms with Crippen LogP contribution >= 0.6 is 0 Å². The van der Waals surface area contributed by atoms with Crippen LogP contribution in [-0.2, 0) is 0 Å². The van der Waals surface area contributed by atoms with Crippen molar-refractivity contribution in [2.75, 3.05) is 26.1 Å². The number of methoxy groups -OCH3 is 2. The van der Waals surface area contributed by atoms with Crippen molar-refractivity contribution in [1.82, 2.24) is 0 Å². The molecule has 1 aromatic rings. The monoisotopic (exact) mass is 305 g/mol. The SMILES string of the molecule is COc1ccc(OC)c(NC(N)=NCC2(CC(C)C)CC2)c1. The number of rotatable bonds is 7. The summed E-state index contributed by atoms with van der Waals surface area (Å²) in [6.45, 7) is 5.30. The second kappa shape index (κ2) is 6.90. The molecule has 0 saturated heterocycles. The van der Waals surface area contributed by atoms with E-state index in [0.29, 0.717) is 23.0 Å². The van der Waals surface area contributed by atoms with Crippen LogP contribution in [0.1, 0.15) is 33.1 Å². The van der Waals surface area contributed by atoms with Gasteiger partial charge in [-0.05, 0) is 42.7 Å². The summed E-state index contributed by atoms with van der Waals surface area (Å²) in [5, 5.41) is 3.11. The maximum atomic E-state index is 6.03. The molecule has 0 bridgehead atoms. The molecule has 0 heterocycles. The predicted octanol–water partition coefficient (Wildman–Crippen LogP) is 3.26. The number of hydrogen-bond donors (Lipinski definition) is 2. The van der Waals surface area contributed by atoms with Crippen molar-refractivity contribution >= 4 is 11.6 Å². The minimum absolute atomic E-state index is 0.374. The van der Waals surface area contributed by atoms with Crippen molar-refractivity contribution in [2.45, 2.75) is 33.1 Å². The fourth-order valence-electron chi connectivity index (χ4n) is 2.81. The standard InChI is InChI=1S/C17H27N3O2/c1-12(2)10-17(7-8-17)11-19-16(18)20-14-9-13(21-3)5-6-15(14)22-4/h5-6,9,12H,7-8,10-11H2,1-4H3,(H3,18,19,20). The second-order valence-corrected chi connectivity index (χ2v) is 6.49. The number of anilines is 1. The first-order valence-corrected chi connectivity index (χ1v) is 7.77. The Bertz CT molecular complexity index is 537. The second-order valence-electron chi connectivity index (χ2n) is 6.49. The summed E-state index contributed by atoms with van der Waals surface area (Å²) in [5.41, 5.74) is 7.16. The quantitative estimate of drug-likeness (QED) is 0.599. The van der Waals surface area contributed by atoms with E-state index >= 15 is 0 Å². The predicted molar refractivity (Wildman–Crippen MR) is 90.8 cm³/mol. The zero-order valence-electron chi connectivity index (χ0n) is 14.0. The molecule has 1 saturated carbocycles. The maximum absolute atomic E-state index is 6.03. The maximum Gasteiger partial charge on any atom is 0.193 e. The highest BCUT2D eigenvalue weighted by Gasteiger charge is 2.42. The van der Waals surface area contributed by atoms with E-state index in [1.165, 1.54) is 19.3 Å². The Balaban J connectivity index is 2.02. The average molecular weight is 305 g/mol. The van der Waals surface area contributed by atoms with Crippen molar-refractivity contribution < 1.29 is 9.47 Å². The van der Waals surface area contributed by atoms with Crippen molar-refractivity contribution in [3.63, 3.8) is 0 Å². The van der Waals surface area contributed by atoms with Crippen LogP contribution in [-0.4, -0.2) is 26.7 Å². The third kappa shape index (κ3) is 4.29. The molecule has 1 fully saturated rings. The number of nitrogens with one attached hydrogen (secondary N) is 1. The third-order valence-electron chi connectivity index (χ3n) is 4.05. The van der Waals surface area contributed by atoms with E-state index in [9.17, 15) is 0 Å². The number of nitrogens with zero attached hydrogens (tertiary/aromatic N) is 1. The molecular formula is C17H27N3O2. The lowest BCUT2D eigenvalue weighted by Crippen LogP contribution is -2.24. The summed E-state index contributed by atoms with van der Waals surface area (Å²) in [6, 6.07) is 5.54. The van der Waals surface area contributed by atoms with Gasteiger partial charge in [-0.25, -0.2) is 0 Å². The van der Waals surface area contributed by atoms with E-state index in [2.05, 4.69) is 24.2 Å². The molecule has 5 heteroatoms. The highest BCUT2D eigenvalue weighted by atomic mass is 16.5. The molecule has 0 atom stereocenters. The Hall–Kier alpha value is -1.91. The number of nitrogens with two attached hydrogens (primary N) is 1. The number of aliphatic imine (C=N–C) groups is 1. The van der Waals surface area contributed by atoms with Crippen molar-refractivity contribution in [1.29, 1.82) is 0 Å². The normalized spacial score (nSPS) is 16.5. The highest BCUT2D eigenvalue weighted by molar-refractivity contribution is 5.94. The highest BCUT2D eigenvalue weighted by Crippen LogP contribution is 2.50. The lowest BCUT2D eigenvalue weighted by molar-refractivity contribution is 0.399. The van der Waals surface area contributed by atoms with Crippen LogP contribution in [0.3, 0.4) is 0 Å². The van der Waals surface area contributed by atoms with Gasteiger partial charge in [0, 0.05) is 12.6 Å². The zero-order chi connectivity index (χ0) is 16.2. The summed E-state index contributed by atoms with van der Waals surface area (Å²) < 4.78 is 10.6. The van der Waals surface area contributed by atoms with E-state index in [0.717, 1.165) is 18.0 Å². The molecule has 3 N–H and O–H groups in total. The van der Waals surface area contributed by atoms with Crippen LogP contribution in [0, 0.1) is 11.3 Å². The number of benzene rings is 1. The fourth-order valence-corrected chi connectivity index (χ4v) is 2.81. The molecule has 0 spiro atoms. The van der Waals surface area contributed by atoms with Gasteiger partial charge in [-0.15, -0.1) is 0 Å². The fraction of sp³-hybridized carbons (Fsp3) is 0.588. The van der Waals surface area contributed by atoms with Crippen LogP contribution < -0.4 is 20.5 Å². The number of hydrogen-bond acceptors (Lipinski definition) is 3. The Morgan fingerprint density at radius 3 is 2.59 bits per heavy atom. The molecule has 0 amide bonds. The lowest BCUT2D eigenvalue weighted by atomic mass is 9.94. The van der Waals surface area contributed by atoms with Gasteiger partial charge in [0.15, 0.2) is 5.96 Å². The third-order valence-corrected chi connectivity index (χ3v) is 4.05. The van der Waals surface area contributed by atoms with Gasteiger partial charge in [-0.1, -0.05) is 13.8 Å². The molecule has 0 radical (unpaired) electrons. The Kier molecular flexibility index (Phi) is 5.16. The summed E-state index contributed by atoms with van der Waals surface area (Å²) in [4.78, 5) is 4.52. The van der Waals surface area contributed by atoms with Gasteiger partial charge in [0.1, 0.15) is 11.5 Å². The molecule has 1 aliphatic rings. The molecule has 2 rings (SSSR count). The molecule has 122 valence electrons. The topological polar surface area (TPSA) is 68.9 Å². The van der Waals surface area contributed by atoms with Gasteiger partial charge < -0.3 is 20.5 Å². The van der Waals surface area contributed by atoms with Gasteiger partial charge in [-0.3, -0.25) is 4.99 Å². The summed E-state index contributed by atoms with van der Waals surface area (Å²) in [6.07, 6.45) is 3.72. The molecule has 1 aliphatic carbocycles. The van der Waals surface area contributed by atoms with Gasteiger partial charge >= 0.3 is 0 Å². The summed E-state index contributed by atoms with van der Waals surface area (Å²) in [5.74, 6) is 2.57. The van der Waals surface area contributed by atoms with Crippen LogP contribution in [0.5, 0.6) is 11.5 Å². The molecule has 22 heavy (non-hydrogen) atoms. The Labute approximate surface area is 132 Å². The smallest absolute Gasteiger partial charge is 0.193 e. The van der Waals surface area contributed by atoms with Crippen LogP contribution in [0.2, 0.25) is 0 Å². The van der Waals surface area contributed by atoms with Gasteiger partial charge in [0.05, 0.1) is 19.9 Å². The minimum atomic E-state index is 0.374. The molecular weight excluding hydrogens is 278 g/mol. The van der Waals surface area contributed by atoms with Crippen molar-refractivity contribution in [3.05, 3.63) is 18.2 Å².